The van der Waals surface area contributed by atoms with Crippen LogP contribution in [0.4, 0.5) is 0 Å². The third-order valence-corrected chi connectivity index (χ3v) is 6.89. The molecule has 1 aliphatic heterocycles. The predicted molar refractivity (Wildman–Crippen MR) is 111 cm³/mol. The zero-order valence-electron chi connectivity index (χ0n) is 14.2. The zero-order chi connectivity index (χ0) is 17.1. The summed E-state index contributed by atoms with van der Waals surface area (Å²) in [5.41, 5.74) is 0. The molecule has 1 aliphatic rings. The Morgan fingerprint density at radius 3 is 2.71 bits per heavy atom. The van der Waals surface area contributed by atoms with Gasteiger partial charge in [-0.25, -0.2) is 8.42 Å². The SMILES string of the molecule is CCNC(=NCCc1ccc(Br)o1)N1CCS(=O)(=O)C(C)(C)C1.I. The average molecular weight is 534 g/mol. The van der Waals surface area contributed by atoms with Crippen molar-refractivity contribution in [3.8, 4) is 0 Å². The molecule has 0 spiro atoms. The van der Waals surface area contributed by atoms with E-state index in [1.165, 1.54) is 0 Å². The Morgan fingerprint density at radius 2 is 2.17 bits per heavy atom. The third-order valence-electron chi connectivity index (χ3n) is 3.93. The van der Waals surface area contributed by atoms with Gasteiger partial charge in [-0.15, -0.1) is 24.0 Å². The number of nitrogens with zero attached hydrogens (tertiary/aromatic N) is 2. The van der Waals surface area contributed by atoms with E-state index in [0.29, 0.717) is 30.7 Å². The number of furan rings is 1. The summed E-state index contributed by atoms with van der Waals surface area (Å²) in [6, 6.07) is 3.78. The fourth-order valence-corrected chi connectivity index (χ4v) is 4.21. The Hall–Kier alpha value is -0.290. The van der Waals surface area contributed by atoms with Crippen molar-refractivity contribution in [1.82, 2.24) is 10.2 Å². The number of nitrogens with one attached hydrogen (secondary N) is 1. The highest BCUT2D eigenvalue weighted by molar-refractivity contribution is 14.0. The lowest BCUT2D eigenvalue weighted by Crippen LogP contribution is -2.57. The first-order valence-electron chi connectivity index (χ1n) is 7.75. The molecule has 0 bridgehead atoms. The Kier molecular flexibility index (Phi) is 8.05. The summed E-state index contributed by atoms with van der Waals surface area (Å²) in [7, 11) is -3.05. The van der Waals surface area contributed by atoms with E-state index in [1.54, 1.807) is 13.8 Å². The van der Waals surface area contributed by atoms with Crippen LogP contribution in [0.2, 0.25) is 0 Å². The van der Waals surface area contributed by atoms with E-state index in [4.69, 9.17) is 4.42 Å². The molecule has 6 nitrogen and oxygen atoms in total. The summed E-state index contributed by atoms with van der Waals surface area (Å²) in [5.74, 6) is 1.80. The highest BCUT2D eigenvalue weighted by Gasteiger charge is 2.40. The fraction of sp³-hybridized carbons (Fsp3) is 0.667. The summed E-state index contributed by atoms with van der Waals surface area (Å²) < 4.78 is 29.7. The van der Waals surface area contributed by atoms with Crippen LogP contribution < -0.4 is 5.32 Å². The number of rotatable bonds is 4. The summed E-state index contributed by atoms with van der Waals surface area (Å²) in [4.78, 5) is 6.65. The quantitative estimate of drug-likeness (QED) is 0.366. The predicted octanol–water partition coefficient (Wildman–Crippen LogP) is 2.68. The van der Waals surface area contributed by atoms with E-state index < -0.39 is 14.6 Å². The Labute approximate surface area is 169 Å². The smallest absolute Gasteiger partial charge is 0.194 e. The summed E-state index contributed by atoms with van der Waals surface area (Å²) >= 11 is 3.28. The monoisotopic (exact) mass is 533 g/mol. The van der Waals surface area contributed by atoms with Gasteiger partial charge in [-0.2, -0.15) is 0 Å². The minimum absolute atomic E-state index is 0. The second kappa shape index (κ2) is 8.88. The van der Waals surface area contributed by atoms with Crippen LogP contribution in [0.1, 0.15) is 26.5 Å². The Bertz CT molecular complexity index is 673. The van der Waals surface area contributed by atoms with Crippen molar-refractivity contribution in [2.45, 2.75) is 31.9 Å². The van der Waals surface area contributed by atoms with E-state index in [0.717, 1.165) is 18.3 Å². The molecule has 138 valence electrons. The highest BCUT2D eigenvalue weighted by Crippen LogP contribution is 2.23. The van der Waals surface area contributed by atoms with Crippen molar-refractivity contribution in [2.24, 2.45) is 4.99 Å². The Balaban J connectivity index is 0.00000288. The second-order valence-corrected chi connectivity index (χ2v) is 9.72. The molecule has 0 unspecified atom stereocenters. The average Bonchev–Trinajstić information content (AvgIpc) is 2.87. The van der Waals surface area contributed by atoms with Crippen molar-refractivity contribution >= 4 is 55.7 Å². The van der Waals surface area contributed by atoms with Crippen LogP contribution in [0.15, 0.2) is 26.2 Å². The van der Waals surface area contributed by atoms with Crippen LogP contribution in [0.3, 0.4) is 0 Å². The van der Waals surface area contributed by atoms with Gasteiger partial charge in [-0.05, 0) is 48.8 Å². The van der Waals surface area contributed by atoms with Gasteiger partial charge in [0.15, 0.2) is 20.5 Å². The normalized spacial score (nSPS) is 19.7. The lowest BCUT2D eigenvalue weighted by molar-refractivity contribution is 0.353. The molecule has 9 heteroatoms. The van der Waals surface area contributed by atoms with Gasteiger partial charge in [0.1, 0.15) is 5.76 Å². The molecule has 1 fully saturated rings. The number of sulfone groups is 1. The largest absolute Gasteiger partial charge is 0.454 e. The molecule has 1 aromatic rings. The standard InChI is InChI=1S/C15H24BrN3O3S.HI/c1-4-17-14(18-8-7-12-5-6-13(16)22-12)19-9-10-23(20,21)15(2,3)11-19;/h5-6H,4,7-11H2,1-3H3,(H,17,18);1H. The first-order valence-corrected chi connectivity index (χ1v) is 10.2. The van der Waals surface area contributed by atoms with Crippen LogP contribution in [0.5, 0.6) is 0 Å². The number of hydrogen-bond acceptors (Lipinski definition) is 4. The topological polar surface area (TPSA) is 74.9 Å². The first-order chi connectivity index (χ1) is 10.7. The minimum atomic E-state index is -3.05. The fourth-order valence-electron chi connectivity index (χ4n) is 2.51. The number of halogens is 2. The molecule has 2 rings (SSSR count). The molecule has 2 heterocycles. The first kappa shape index (κ1) is 21.8. The van der Waals surface area contributed by atoms with Gasteiger partial charge >= 0.3 is 0 Å². The van der Waals surface area contributed by atoms with Gasteiger partial charge in [0.05, 0.1) is 10.5 Å². The van der Waals surface area contributed by atoms with Gasteiger partial charge in [0.2, 0.25) is 0 Å². The van der Waals surface area contributed by atoms with E-state index >= 15 is 0 Å². The summed E-state index contributed by atoms with van der Waals surface area (Å²) in [5, 5.41) is 3.25. The van der Waals surface area contributed by atoms with E-state index in [2.05, 4.69) is 26.2 Å². The molecule has 0 amide bonds. The molecule has 0 aliphatic carbocycles. The third kappa shape index (κ3) is 5.35. The minimum Gasteiger partial charge on any atom is -0.454 e. The number of guanidine groups is 1. The van der Waals surface area contributed by atoms with E-state index in [1.807, 2.05) is 24.0 Å². The van der Waals surface area contributed by atoms with Gasteiger partial charge in [0.25, 0.3) is 0 Å². The van der Waals surface area contributed by atoms with Crippen LogP contribution >= 0.6 is 39.9 Å². The molecule has 0 radical (unpaired) electrons. The molecule has 0 saturated carbocycles. The maximum absolute atomic E-state index is 12.1. The lowest BCUT2D eigenvalue weighted by Gasteiger charge is -2.39. The Morgan fingerprint density at radius 1 is 1.46 bits per heavy atom. The van der Waals surface area contributed by atoms with Crippen molar-refractivity contribution in [2.75, 3.05) is 31.9 Å². The van der Waals surface area contributed by atoms with Crippen LogP contribution in [-0.2, 0) is 16.3 Å². The zero-order valence-corrected chi connectivity index (χ0v) is 18.9. The second-order valence-electron chi connectivity index (χ2n) is 6.19. The van der Waals surface area contributed by atoms with Crippen molar-refractivity contribution < 1.29 is 12.8 Å². The van der Waals surface area contributed by atoms with Gasteiger partial charge < -0.3 is 14.6 Å². The van der Waals surface area contributed by atoms with E-state index in [-0.39, 0.29) is 29.7 Å². The van der Waals surface area contributed by atoms with Crippen molar-refractivity contribution in [3.05, 3.63) is 22.6 Å². The molecule has 0 atom stereocenters. The summed E-state index contributed by atoms with van der Waals surface area (Å²) in [6.07, 6.45) is 0.704. The molecule has 1 aromatic heterocycles. The molecule has 0 aromatic carbocycles. The number of aliphatic imine (C=N–C) groups is 1. The molecular formula is C15H25BrIN3O3S. The summed E-state index contributed by atoms with van der Waals surface area (Å²) in [6.45, 7) is 7.82. The van der Waals surface area contributed by atoms with E-state index in [9.17, 15) is 8.42 Å². The van der Waals surface area contributed by atoms with Crippen molar-refractivity contribution in [1.29, 1.82) is 0 Å². The van der Waals surface area contributed by atoms with Gasteiger partial charge in [0, 0.05) is 32.6 Å². The highest BCUT2D eigenvalue weighted by atomic mass is 127. The molecule has 1 saturated heterocycles. The van der Waals surface area contributed by atoms with Crippen LogP contribution in [0, 0.1) is 0 Å². The maximum atomic E-state index is 12.1. The number of hydrogen-bond donors (Lipinski definition) is 1. The lowest BCUT2D eigenvalue weighted by atomic mass is 10.2. The van der Waals surface area contributed by atoms with Gasteiger partial charge in [-0.3, -0.25) is 4.99 Å². The molecule has 24 heavy (non-hydrogen) atoms. The maximum Gasteiger partial charge on any atom is 0.194 e. The van der Waals surface area contributed by atoms with Gasteiger partial charge in [-0.1, -0.05) is 0 Å². The molecule has 1 N–H and O–H groups in total. The van der Waals surface area contributed by atoms with Crippen molar-refractivity contribution in [3.63, 3.8) is 0 Å². The van der Waals surface area contributed by atoms with Crippen LogP contribution in [0.25, 0.3) is 0 Å². The molecular weight excluding hydrogens is 509 g/mol. The van der Waals surface area contributed by atoms with Crippen LogP contribution in [-0.4, -0.2) is 56.0 Å².